The molecule has 7 rings (SSSR count). The van der Waals surface area contributed by atoms with Gasteiger partial charge in [0.05, 0.1) is 22.1 Å². The van der Waals surface area contributed by atoms with E-state index in [-0.39, 0.29) is 0 Å². The number of nitrogens with zero attached hydrogens (tertiary/aromatic N) is 1. The molecule has 0 aliphatic rings. The highest BCUT2D eigenvalue weighted by atomic mass is 16.4. The molecule has 2 heterocycles. The highest BCUT2D eigenvalue weighted by Crippen LogP contribution is 2.40. The van der Waals surface area contributed by atoms with E-state index < -0.39 is 7.12 Å². The minimum absolute atomic E-state index is 0.358. The Morgan fingerprint density at radius 1 is 0.606 bits per heavy atom. The Kier molecular flexibility index (Phi) is 3.77. The molecule has 4 nitrogen and oxygen atoms in total. The van der Waals surface area contributed by atoms with Gasteiger partial charge in [-0.3, -0.25) is 0 Å². The fourth-order valence-corrected chi connectivity index (χ4v) is 5.22. The quantitative estimate of drug-likeness (QED) is 0.358. The molecule has 5 aromatic carbocycles. The molecule has 5 heteroatoms. The highest BCUT2D eigenvalue weighted by molar-refractivity contribution is 6.62. The van der Waals surface area contributed by atoms with Gasteiger partial charge in [0.15, 0.2) is 0 Å². The molecule has 0 radical (unpaired) electrons. The van der Waals surface area contributed by atoms with Crippen LogP contribution in [0.4, 0.5) is 0 Å². The van der Waals surface area contributed by atoms with Gasteiger partial charge in [-0.2, -0.15) is 0 Å². The summed E-state index contributed by atoms with van der Waals surface area (Å²) in [7, 11) is -1.62. The topological polar surface area (TPSA) is 58.5 Å². The van der Waals surface area contributed by atoms with Gasteiger partial charge in [-0.15, -0.1) is 0 Å². The first-order valence-corrected chi connectivity index (χ1v) is 10.9. The number of aromatic nitrogens is 1. The highest BCUT2D eigenvalue weighted by Gasteiger charge is 2.24. The number of benzene rings is 5. The fraction of sp³-hybridized carbons (Fsp3) is 0. The lowest BCUT2D eigenvalue weighted by Gasteiger charge is -2.12. The Labute approximate surface area is 189 Å². The predicted octanol–water partition coefficient (Wildman–Crippen LogP) is 5.52. The van der Waals surface area contributed by atoms with Crippen molar-refractivity contribution >= 4 is 67.1 Å². The Bertz CT molecular complexity index is 1860. The van der Waals surface area contributed by atoms with Gasteiger partial charge in [0.2, 0.25) is 0 Å². The maximum atomic E-state index is 10.0. The average molecular weight is 427 g/mol. The molecule has 0 aliphatic carbocycles. The second kappa shape index (κ2) is 6.72. The molecule has 7 aromatic rings. The Morgan fingerprint density at radius 3 is 2.18 bits per heavy atom. The van der Waals surface area contributed by atoms with E-state index >= 15 is 0 Å². The largest absolute Gasteiger partial charge is 0.492 e. The van der Waals surface area contributed by atoms with Crippen molar-refractivity contribution in [3.63, 3.8) is 0 Å². The van der Waals surface area contributed by atoms with Gasteiger partial charge in [0.1, 0.15) is 11.2 Å². The molecule has 156 valence electrons. The molecule has 0 spiro atoms. The summed E-state index contributed by atoms with van der Waals surface area (Å²) in [6.45, 7) is 0. The van der Waals surface area contributed by atoms with Crippen LogP contribution in [-0.2, 0) is 0 Å². The zero-order valence-corrected chi connectivity index (χ0v) is 17.6. The lowest BCUT2D eigenvalue weighted by molar-refractivity contribution is 0.425. The number of rotatable bonds is 2. The maximum Gasteiger partial charge on any atom is 0.492 e. The minimum atomic E-state index is -1.62. The Balaban J connectivity index is 1.72. The summed E-state index contributed by atoms with van der Waals surface area (Å²) in [6, 6.07) is 32.7. The van der Waals surface area contributed by atoms with Crippen LogP contribution in [0.2, 0.25) is 0 Å². The number of para-hydroxylation sites is 2. The van der Waals surface area contributed by atoms with E-state index in [9.17, 15) is 10.0 Å². The lowest BCUT2D eigenvalue weighted by atomic mass is 9.79. The van der Waals surface area contributed by atoms with Crippen molar-refractivity contribution in [1.82, 2.24) is 4.57 Å². The molecule has 0 amide bonds. The standard InChI is InChI=1S/C28H18BNO3/c31-29(32)21-14-16-24(27-20-10-4-6-12-25(20)33-28(21)27)30-22-11-5-3-9-19(22)26-18-8-2-1-7-17(18)13-15-23(26)30/h1-16,31-32H. The normalized spacial score (nSPS) is 11.9. The second-order valence-corrected chi connectivity index (χ2v) is 8.38. The number of furan rings is 1. The lowest BCUT2D eigenvalue weighted by Crippen LogP contribution is -2.30. The molecule has 2 N–H and O–H groups in total. The first-order valence-electron chi connectivity index (χ1n) is 10.9. The van der Waals surface area contributed by atoms with Crippen LogP contribution in [0, 0.1) is 0 Å². The van der Waals surface area contributed by atoms with Crippen LogP contribution in [0.25, 0.3) is 60.2 Å². The van der Waals surface area contributed by atoms with Crippen molar-refractivity contribution in [3.8, 4) is 5.69 Å². The molecule has 33 heavy (non-hydrogen) atoms. The van der Waals surface area contributed by atoms with Gasteiger partial charge in [0.25, 0.3) is 0 Å². The van der Waals surface area contributed by atoms with Crippen LogP contribution in [0.5, 0.6) is 0 Å². The van der Waals surface area contributed by atoms with Crippen LogP contribution in [0.3, 0.4) is 0 Å². The molecule has 0 unspecified atom stereocenters. The SMILES string of the molecule is OB(O)c1ccc(-n2c3ccccc3c3c4ccccc4ccc32)c2c1oc1ccccc12. The van der Waals surface area contributed by atoms with E-state index in [1.807, 2.05) is 30.3 Å². The molecular weight excluding hydrogens is 409 g/mol. The van der Waals surface area contributed by atoms with E-state index in [2.05, 4.69) is 65.2 Å². The molecule has 0 saturated carbocycles. The zero-order chi connectivity index (χ0) is 22.1. The van der Waals surface area contributed by atoms with Crippen molar-refractivity contribution in [2.24, 2.45) is 0 Å². The zero-order valence-electron chi connectivity index (χ0n) is 17.6. The summed E-state index contributed by atoms with van der Waals surface area (Å²) < 4.78 is 8.40. The molecule has 0 fully saturated rings. The average Bonchev–Trinajstić information content (AvgIpc) is 3.40. The third-order valence-electron chi connectivity index (χ3n) is 6.62. The van der Waals surface area contributed by atoms with Gasteiger partial charge in [-0.1, -0.05) is 72.8 Å². The van der Waals surface area contributed by atoms with E-state index in [1.165, 1.54) is 21.5 Å². The summed E-state index contributed by atoms with van der Waals surface area (Å²) in [5.74, 6) is 0. The van der Waals surface area contributed by atoms with Crippen molar-refractivity contribution in [3.05, 3.63) is 97.1 Å². The molecule has 0 aliphatic heterocycles. The van der Waals surface area contributed by atoms with Crippen LogP contribution in [0.1, 0.15) is 0 Å². The molecule has 0 bridgehead atoms. The Morgan fingerprint density at radius 2 is 1.33 bits per heavy atom. The van der Waals surface area contributed by atoms with Crippen LogP contribution in [-0.4, -0.2) is 21.7 Å². The smallest absolute Gasteiger partial charge is 0.456 e. The van der Waals surface area contributed by atoms with Gasteiger partial charge in [-0.05, 0) is 35.0 Å². The molecular formula is C28H18BNO3. The maximum absolute atomic E-state index is 10.0. The van der Waals surface area contributed by atoms with Gasteiger partial charge >= 0.3 is 7.12 Å². The summed E-state index contributed by atoms with van der Waals surface area (Å²) in [5.41, 5.74) is 4.70. The molecule has 0 atom stereocenters. The third kappa shape index (κ3) is 2.49. The summed E-state index contributed by atoms with van der Waals surface area (Å²) >= 11 is 0. The minimum Gasteiger partial charge on any atom is -0.456 e. The number of fused-ring (bicyclic) bond motifs is 8. The van der Waals surface area contributed by atoms with E-state index in [0.29, 0.717) is 16.6 Å². The number of hydrogen-bond donors (Lipinski definition) is 2. The first kappa shape index (κ1) is 18.5. The summed E-state index contributed by atoms with van der Waals surface area (Å²) in [6.07, 6.45) is 0. The monoisotopic (exact) mass is 427 g/mol. The molecule has 0 saturated heterocycles. The van der Waals surface area contributed by atoms with Crippen molar-refractivity contribution in [2.75, 3.05) is 0 Å². The van der Waals surface area contributed by atoms with Gasteiger partial charge < -0.3 is 19.0 Å². The van der Waals surface area contributed by atoms with E-state index in [0.717, 1.165) is 27.5 Å². The summed E-state index contributed by atoms with van der Waals surface area (Å²) in [4.78, 5) is 0. The van der Waals surface area contributed by atoms with Crippen LogP contribution < -0.4 is 5.46 Å². The van der Waals surface area contributed by atoms with Crippen molar-refractivity contribution in [2.45, 2.75) is 0 Å². The Hall–Kier alpha value is -4.06. The number of hydrogen-bond acceptors (Lipinski definition) is 3. The predicted molar refractivity (Wildman–Crippen MR) is 135 cm³/mol. The second-order valence-electron chi connectivity index (χ2n) is 8.38. The van der Waals surface area contributed by atoms with Crippen LogP contribution in [0.15, 0.2) is 101 Å². The molecule has 2 aromatic heterocycles. The van der Waals surface area contributed by atoms with Crippen molar-refractivity contribution in [1.29, 1.82) is 0 Å². The summed E-state index contributed by atoms with van der Waals surface area (Å²) in [5, 5.41) is 26.6. The third-order valence-corrected chi connectivity index (χ3v) is 6.62. The van der Waals surface area contributed by atoms with Crippen LogP contribution >= 0.6 is 0 Å². The first-order chi connectivity index (χ1) is 16.2. The van der Waals surface area contributed by atoms with Crippen molar-refractivity contribution < 1.29 is 14.5 Å². The van der Waals surface area contributed by atoms with E-state index in [4.69, 9.17) is 4.42 Å². The van der Waals surface area contributed by atoms with Gasteiger partial charge in [0, 0.05) is 21.6 Å². The van der Waals surface area contributed by atoms with Gasteiger partial charge in [-0.25, -0.2) is 0 Å². The fourth-order valence-electron chi connectivity index (χ4n) is 5.22. The van der Waals surface area contributed by atoms with E-state index in [1.54, 1.807) is 6.07 Å².